The van der Waals surface area contributed by atoms with Crippen LogP contribution in [0.25, 0.3) is 11.1 Å². The number of carbonyl (C=O) groups excluding carboxylic acids is 1. The molecule has 0 heterocycles. The molecular formula is C18H20ClFN2O. The van der Waals surface area contributed by atoms with Gasteiger partial charge in [-0.15, -0.1) is 12.4 Å². The molecular weight excluding hydrogens is 315 g/mol. The highest BCUT2D eigenvalue weighted by Crippen LogP contribution is 2.22. The molecule has 0 aliphatic heterocycles. The van der Waals surface area contributed by atoms with Crippen LogP contribution in [-0.4, -0.2) is 18.0 Å². The maximum absolute atomic E-state index is 13.3. The Balaban J connectivity index is 0.00000192. The molecule has 1 amide bonds. The predicted molar refractivity (Wildman–Crippen MR) is 92.2 cm³/mol. The SMILES string of the molecule is Cl.N[C@@H]1CC[C@@H](NC(=O)c2cccc(-c3cccc(F)c3)c2)C1. The molecule has 5 heteroatoms. The van der Waals surface area contributed by atoms with Crippen molar-refractivity contribution in [2.45, 2.75) is 31.3 Å². The number of amides is 1. The van der Waals surface area contributed by atoms with Crippen LogP contribution in [-0.2, 0) is 0 Å². The first-order chi connectivity index (χ1) is 10.6. The third-order valence-corrected chi connectivity index (χ3v) is 4.09. The van der Waals surface area contributed by atoms with E-state index in [-0.39, 0.29) is 36.2 Å². The average Bonchev–Trinajstić information content (AvgIpc) is 2.92. The molecule has 0 unspecified atom stereocenters. The molecule has 2 aromatic carbocycles. The number of halogens is 2. The normalized spacial score (nSPS) is 19.9. The smallest absolute Gasteiger partial charge is 0.251 e. The van der Waals surface area contributed by atoms with Crippen molar-refractivity contribution in [2.75, 3.05) is 0 Å². The van der Waals surface area contributed by atoms with Crippen LogP contribution in [0.15, 0.2) is 48.5 Å². The molecule has 0 bridgehead atoms. The van der Waals surface area contributed by atoms with Gasteiger partial charge in [0.25, 0.3) is 5.91 Å². The summed E-state index contributed by atoms with van der Waals surface area (Å²) in [6.07, 6.45) is 2.71. The summed E-state index contributed by atoms with van der Waals surface area (Å²) in [5, 5.41) is 3.02. The molecule has 1 aliphatic rings. The zero-order valence-electron chi connectivity index (χ0n) is 12.7. The number of carbonyl (C=O) groups is 1. The van der Waals surface area contributed by atoms with Crippen molar-refractivity contribution in [2.24, 2.45) is 5.73 Å². The van der Waals surface area contributed by atoms with Crippen molar-refractivity contribution in [1.82, 2.24) is 5.32 Å². The number of nitrogens with one attached hydrogen (secondary N) is 1. The molecule has 3 rings (SSSR count). The fraction of sp³-hybridized carbons (Fsp3) is 0.278. The zero-order chi connectivity index (χ0) is 15.5. The van der Waals surface area contributed by atoms with E-state index in [1.165, 1.54) is 12.1 Å². The summed E-state index contributed by atoms with van der Waals surface area (Å²) in [6, 6.07) is 14.0. The lowest BCUT2D eigenvalue weighted by molar-refractivity contribution is 0.0937. The first-order valence-electron chi connectivity index (χ1n) is 7.54. The van der Waals surface area contributed by atoms with E-state index in [0.29, 0.717) is 5.56 Å². The van der Waals surface area contributed by atoms with Crippen molar-refractivity contribution < 1.29 is 9.18 Å². The quantitative estimate of drug-likeness (QED) is 0.902. The Kier molecular flexibility index (Phi) is 5.74. The van der Waals surface area contributed by atoms with E-state index >= 15 is 0 Å². The Morgan fingerprint density at radius 1 is 1.09 bits per heavy atom. The summed E-state index contributed by atoms with van der Waals surface area (Å²) >= 11 is 0. The Morgan fingerprint density at radius 3 is 2.43 bits per heavy atom. The van der Waals surface area contributed by atoms with Gasteiger partial charge in [0, 0.05) is 17.6 Å². The molecule has 1 saturated carbocycles. The second-order valence-corrected chi connectivity index (χ2v) is 5.83. The lowest BCUT2D eigenvalue weighted by Crippen LogP contribution is -2.34. The van der Waals surface area contributed by atoms with Gasteiger partial charge in [0.15, 0.2) is 0 Å². The predicted octanol–water partition coefficient (Wildman–Crippen LogP) is 3.52. The van der Waals surface area contributed by atoms with Crippen LogP contribution in [0.2, 0.25) is 0 Å². The van der Waals surface area contributed by atoms with Crippen LogP contribution >= 0.6 is 12.4 Å². The summed E-state index contributed by atoms with van der Waals surface area (Å²) in [5.41, 5.74) is 8.04. The summed E-state index contributed by atoms with van der Waals surface area (Å²) in [4.78, 5) is 12.3. The molecule has 1 aliphatic carbocycles. The van der Waals surface area contributed by atoms with E-state index < -0.39 is 0 Å². The van der Waals surface area contributed by atoms with Gasteiger partial charge in [-0.3, -0.25) is 4.79 Å². The molecule has 2 aromatic rings. The van der Waals surface area contributed by atoms with Crippen LogP contribution in [0.5, 0.6) is 0 Å². The average molecular weight is 335 g/mol. The monoisotopic (exact) mass is 334 g/mol. The van der Waals surface area contributed by atoms with Gasteiger partial charge >= 0.3 is 0 Å². The van der Waals surface area contributed by atoms with E-state index in [0.717, 1.165) is 30.4 Å². The van der Waals surface area contributed by atoms with E-state index in [9.17, 15) is 9.18 Å². The Labute approximate surface area is 141 Å². The fourth-order valence-corrected chi connectivity index (χ4v) is 2.92. The minimum absolute atomic E-state index is 0. The van der Waals surface area contributed by atoms with Gasteiger partial charge < -0.3 is 11.1 Å². The molecule has 3 N–H and O–H groups in total. The van der Waals surface area contributed by atoms with Crippen molar-refractivity contribution in [3.8, 4) is 11.1 Å². The fourth-order valence-electron chi connectivity index (χ4n) is 2.92. The molecule has 0 aromatic heterocycles. The second-order valence-electron chi connectivity index (χ2n) is 5.83. The number of hydrogen-bond donors (Lipinski definition) is 2. The topological polar surface area (TPSA) is 55.1 Å². The van der Waals surface area contributed by atoms with Gasteiger partial charge in [0.2, 0.25) is 0 Å². The maximum Gasteiger partial charge on any atom is 0.251 e. The van der Waals surface area contributed by atoms with Gasteiger partial charge in [0.1, 0.15) is 5.82 Å². The number of hydrogen-bond acceptors (Lipinski definition) is 2. The molecule has 2 atom stereocenters. The minimum atomic E-state index is -0.285. The van der Waals surface area contributed by atoms with Crippen LogP contribution < -0.4 is 11.1 Å². The van der Waals surface area contributed by atoms with Crippen LogP contribution in [0.3, 0.4) is 0 Å². The van der Waals surface area contributed by atoms with Crippen LogP contribution in [0, 0.1) is 5.82 Å². The molecule has 0 spiro atoms. The van der Waals surface area contributed by atoms with E-state index in [2.05, 4.69) is 5.32 Å². The first kappa shape index (κ1) is 17.4. The zero-order valence-corrected chi connectivity index (χ0v) is 13.5. The second kappa shape index (κ2) is 7.57. The number of benzene rings is 2. The molecule has 0 saturated heterocycles. The summed E-state index contributed by atoms with van der Waals surface area (Å²) in [6.45, 7) is 0. The summed E-state index contributed by atoms with van der Waals surface area (Å²) < 4.78 is 13.3. The van der Waals surface area contributed by atoms with Gasteiger partial charge in [-0.25, -0.2) is 4.39 Å². The lowest BCUT2D eigenvalue weighted by Gasteiger charge is -2.13. The summed E-state index contributed by atoms with van der Waals surface area (Å²) in [5.74, 6) is -0.385. The maximum atomic E-state index is 13.3. The van der Waals surface area contributed by atoms with Crippen LogP contribution in [0.1, 0.15) is 29.6 Å². The van der Waals surface area contributed by atoms with Crippen molar-refractivity contribution in [3.63, 3.8) is 0 Å². The number of nitrogens with two attached hydrogens (primary N) is 1. The Bertz CT molecular complexity index is 692. The highest BCUT2D eigenvalue weighted by Gasteiger charge is 2.23. The third kappa shape index (κ3) is 4.30. The Morgan fingerprint density at radius 2 is 1.78 bits per heavy atom. The molecule has 122 valence electrons. The highest BCUT2D eigenvalue weighted by atomic mass is 35.5. The van der Waals surface area contributed by atoms with Gasteiger partial charge in [-0.1, -0.05) is 24.3 Å². The van der Waals surface area contributed by atoms with Crippen molar-refractivity contribution in [3.05, 3.63) is 59.9 Å². The lowest BCUT2D eigenvalue weighted by atomic mass is 10.0. The van der Waals surface area contributed by atoms with Gasteiger partial charge in [-0.2, -0.15) is 0 Å². The molecule has 0 radical (unpaired) electrons. The highest BCUT2D eigenvalue weighted by molar-refractivity contribution is 5.95. The van der Waals surface area contributed by atoms with E-state index in [4.69, 9.17) is 5.73 Å². The summed E-state index contributed by atoms with van der Waals surface area (Å²) in [7, 11) is 0. The van der Waals surface area contributed by atoms with Crippen molar-refractivity contribution in [1.29, 1.82) is 0 Å². The largest absolute Gasteiger partial charge is 0.349 e. The minimum Gasteiger partial charge on any atom is -0.349 e. The number of rotatable bonds is 3. The van der Waals surface area contributed by atoms with Gasteiger partial charge in [0.05, 0.1) is 0 Å². The van der Waals surface area contributed by atoms with Crippen LogP contribution in [0.4, 0.5) is 4.39 Å². The first-order valence-corrected chi connectivity index (χ1v) is 7.54. The van der Waals surface area contributed by atoms with Crippen molar-refractivity contribution >= 4 is 18.3 Å². The Hall–Kier alpha value is -1.91. The standard InChI is InChI=1S/C18H19FN2O.ClH/c19-15-6-2-4-13(10-15)12-3-1-5-14(9-12)18(22)21-17-8-7-16(20)11-17;/h1-6,9-10,16-17H,7-8,11,20H2,(H,21,22);1H/t16-,17-;/m1./s1. The molecule has 3 nitrogen and oxygen atoms in total. The third-order valence-electron chi connectivity index (χ3n) is 4.09. The van der Waals surface area contributed by atoms with E-state index in [1.54, 1.807) is 18.2 Å². The molecule has 1 fully saturated rings. The molecule has 23 heavy (non-hydrogen) atoms. The van der Waals surface area contributed by atoms with E-state index in [1.807, 2.05) is 18.2 Å². The van der Waals surface area contributed by atoms with Gasteiger partial charge in [-0.05, 0) is 54.7 Å².